The van der Waals surface area contributed by atoms with Crippen LogP contribution < -0.4 is 5.32 Å². The van der Waals surface area contributed by atoms with Crippen molar-refractivity contribution in [2.24, 2.45) is 0 Å². The number of fused-ring (bicyclic) bond motifs is 1. The Morgan fingerprint density at radius 1 is 1.00 bits per heavy atom. The van der Waals surface area contributed by atoms with E-state index in [4.69, 9.17) is 0 Å². The second-order valence-corrected chi connectivity index (χ2v) is 4.87. The lowest BCUT2D eigenvalue weighted by atomic mass is 10.1. The van der Waals surface area contributed by atoms with Crippen molar-refractivity contribution in [2.45, 2.75) is 19.5 Å². The Hall–Kier alpha value is -2.06. The molecule has 3 aromatic rings. The van der Waals surface area contributed by atoms with Crippen molar-refractivity contribution in [2.75, 3.05) is 0 Å². The average molecular weight is 250 g/mol. The molecule has 0 aliphatic rings. The summed E-state index contributed by atoms with van der Waals surface area (Å²) in [5, 5.41) is 4.88. The van der Waals surface area contributed by atoms with Crippen LogP contribution >= 0.6 is 0 Å². The molecule has 2 heteroatoms. The van der Waals surface area contributed by atoms with Crippen molar-refractivity contribution in [1.29, 1.82) is 0 Å². The Morgan fingerprint density at radius 3 is 2.68 bits per heavy atom. The highest BCUT2D eigenvalue weighted by molar-refractivity contribution is 5.82. The predicted molar refractivity (Wildman–Crippen MR) is 80.0 cm³/mol. The Kier molecular flexibility index (Phi) is 3.34. The minimum atomic E-state index is 0.357. The van der Waals surface area contributed by atoms with Gasteiger partial charge in [0.15, 0.2) is 0 Å². The van der Waals surface area contributed by atoms with Crippen LogP contribution in [0.15, 0.2) is 60.8 Å². The molecule has 96 valence electrons. The second-order valence-electron chi connectivity index (χ2n) is 4.87. The van der Waals surface area contributed by atoms with Crippen LogP contribution in [-0.4, -0.2) is 4.98 Å². The highest BCUT2D eigenvalue weighted by atomic mass is 14.9. The van der Waals surface area contributed by atoms with Crippen molar-refractivity contribution in [3.05, 3.63) is 71.9 Å². The van der Waals surface area contributed by atoms with Crippen LogP contribution in [0.25, 0.3) is 10.9 Å². The van der Waals surface area contributed by atoms with Gasteiger partial charge in [0.1, 0.15) is 0 Å². The molecule has 0 unspecified atom stereocenters. The number of hydrogen-bond donors (Lipinski definition) is 2. The number of hydrogen-bond acceptors (Lipinski definition) is 1. The first-order valence-electron chi connectivity index (χ1n) is 6.68. The number of nitrogens with one attached hydrogen (secondary N) is 2. The molecule has 2 nitrogen and oxygen atoms in total. The summed E-state index contributed by atoms with van der Waals surface area (Å²) in [7, 11) is 0. The fourth-order valence-corrected chi connectivity index (χ4v) is 2.43. The molecular weight excluding hydrogens is 232 g/mol. The summed E-state index contributed by atoms with van der Waals surface area (Å²) in [6, 6.07) is 19.4. The van der Waals surface area contributed by atoms with Gasteiger partial charge in [0.05, 0.1) is 0 Å². The first-order valence-corrected chi connectivity index (χ1v) is 6.68. The third-order valence-electron chi connectivity index (χ3n) is 3.58. The molecule has 0 fully saturated rings. The zero-order valence-corrected chi connectivity index (χ0v) is 11.1. The highest BCUT2D eigenvalue weighted by Gasteiger charge is 2.06. The van der Waals surface area contributed by atoms with Crippen molar-refractivity contribution in [1.82, 2.24) is 10.3 Å². The standard InChI is InChI=1S/C17H18N2/c1-13(14-6-3-2-4-7-14)19-12-15-8-5-9-17-16(15)10-11-18-17/h2-11,13,18-19H,12H2,1H3/t13-/m0/s1. The summed E-state index contributed by atoms with van der Waals surface area (Å²) < 4.78 is 0. The first kappa shape index (κ1) is 12.0. The zero-order valence-electron chi connectivity index (χ0n) is 11.1. The van der Waals surface area contributed by atoms with Gasteiger partial charge < -0.3 is 10.3 Å². The van der Waals surface area contributed by atoms with Gasteiger partial charge in [0.2, 0.25) is 0 Å². The molecular formula is C17H18N2. The van der Waals surface area contributed by atoms with E-state index in [1.807, 2.05) is 6.20 Å². The summed E-state index contributed by atoms with van der Waals surface area (Å²) in [4.78, 5) is 3.25. The SMILES string of the molecule is C[C@H](NCc1cccc2[nH]ccc12)c1ccccc1. The van der Waals surface area contributed by atoms with Gasteiger partial charge in [-0.05, 0) is 30.2 Å². The molecule has 2 N–H and O–H groups in total. The molecule has 0 saturated heterocycles. The molecule has 0 aliphatic heterocycles. The van der Waals surface area contributed by atoms with Crippen molar-refractivity contribution < 1.29 is 0 Å². The maximum atomic E-state index is 3.58. The maximum absolute atomic E-state index is 3.58. The van der Waals surface area contributed by atoms with E-state index in [1.165, 1.54) is 22.0 Å². The average Bonchev–Trinajstić information content (AvgIpc) is 2.94. The van der Waals surface area contributed by atoms with Gasteiger partial charge in [-0.2, -0.15) is 0 Å². The van der Waals surface area contributed by atoms with Gasteiger partial charge in [-0.25, -0.2) is 0 Å². The molecule has 0 aliphatic carbocycles. The molecule has 19 heavy (non-hydrogen) atoms. The van der Waals surface area contributed by atoms with E-state index < -0.39 is 0 Å². The van der Waals surface area contributed by atoms with Crippen LogP contribution in [0, 0.1) is 0 Å². The third kappa shape index (κ3) is 2.54. The van der Waals surface area contributed by atoms with Gasteiger partial charge >= 0.3 is 0 Å². The van der Waals surface area contributed by atoms with Crippen LogP contribution in [0.1, 0.15) is 24.1 Å². The summed E-state index contributed by atoms with van der Waals surface area (Å²) in [6.07, 6.45) is 1.99. The van der Waals surface area contributed by atoms with E-state index in [0.29, 0.717) is 6.04 Å². The molecule has 0 spiro atoms. The van der Waals surface area contributed by atoms with E-state index >= 15 is 0 Å². The smallest absolute Gasteiger partial charge is 0.0457 e. The molecule has 1 heterocycles. The Bertz CT molecular complexity index is 655. The van der Waals surface area contributed by atoms with Crippen LogP contribution in [0.4, 0.5) is 0 Å². The van der Waals surface area contributed by atoms with E-state index in [9.17, 15) is 0 Å². The number of rotatable bonds is 4. The number of benzene rings is 2. The molecule has 2 aromatic carbocycles. The summed E-state index contributed by atoms with van der Waals surface area (Å²) in [5.41, 5.74) is 3.86. The second kappa shape index (κ2) is 5.29. The zero-order chi connectivity index (χ0) is 13.1. The lowest BCUT2D eigenvalue weighted by Crippen LogP contribution is -2.18. The van der Waals surface area contributed by atoms with E-state index in [1.54, 1.807) is 0 Å². The molecule has 0 radical (unpaired) electrons. The third-order valence-corrected chi connectivity index (χ3v) is 3.58. The fraction of sp³-hybridized carbons (Fsp3) is 0.176. The molecule has 0 amide bonds. The molecule has 0 bridgehead atoms. The summed E-state index contributed by atoms with van der Waals surface area (Å²) in [5.74, 6) is 0. The van der Waals surface area contributed by atoms with E-state index in [-0.39, 0.29) is 0 Å². The lowest BCUT2D eigenvalue weighted by Gasteiger charge is -2.14. The minimum absolute atomic E-state index is 0.357. The Labute approximate surface area is 113 Å². The van der Waals surface area contributed by atoms with Gasteiger partial charge in [0.25, 0.3) is 0 Å². The fourth-order valence-electron chi connectivity index (χ4n) is 2.43. The first-order chi connectivity index (χ1) is 9.34. The van der Waals surface area contributed by atoms with E-state index in [2.05, 4.69) is 71.8 Å². The van der Waals surface area contributed by atoms with Crippen LogP contribution in [0.3, 0.4) is 0 Å². The van der Waals surface area contributed by atoms with Gasteiger partial charge in [-0.15, -0.1) is 0 Å². The normalized spacial score (nSPS) is 12.7. The van der Waals surface area contributed by atoms with Crippen molar-refractivity contribution >= 4 is 10.9 Å². The number of aromatic nitrogens is 1. The topological polar surface area (TPSA) is 27.8 Å². The van der Waals surface area contributed by atoms with Gasteiger partial charge in [0, 0.05) is 29.7 Å². The highest BCUT2D eigenvalue weighted by Crippen LogP contribution is 2.18. The van der Waals surface area contributed by atoms with Crippen LogP contribution in [-0.2, 0) is 6.54 Å². The molecule has 1 atom stereocenters. The van der Waals surface area contributed by atoms with Gasteiger partial charge in [-0.1, -0.05) is 42.5 Å². The summed E-state index contributed by atoms with van der Waals surface area (Å²) >= 11 is 0. The van der Waals surface area contributed by atoms with Crippen LogP contribution in [0.2, 0.25) is 0 Å². The quantitative estimate of drug-likeness (QED) is 0.719. The molecule has 3 rings (SSSR count). The maximum Gasteiger partial charge on any atom is 0.0457 e. The van der Waals surface area contributed by atoms with E-state index in [0.717, 1.165) is 6.54 Å². The lowest BCUT2D eigenvalue weighted by molar-refractivity contribution is 0.576. The predicted octanol–water partition coefficient (Wildman–Crippen LogP) is 4.02. The Balaban J connectivity index is 1.74. The largest absolute Gasteiger partial charge is 0.361 e. The monoisotopic (exact) mass is 250 g/mol. The minimum Gasteiger partial charge on any atom is -0.361 e. The Morgan fingerprint density at radius 2 is 1.84 bits per heavy atom. The number of H-pyrrole nitrogens is 1. The summed E-state index contributed by atoms with van der Waals surface area (Å²) in [6.45, 7) is 3.08. The van der Waals surface area contributed by atoms with Gasteiger partial charge in [-0.3, -0.25) is 0 Å². The van der Waals surface area contributed by atoms with Crippen LogP contribution in [0.5, 0.6) is 0 Å². The van der Waals surface area contributed by atoms with Crippen molar-refractivity contribution in [3.63, 3.8) is 0 Å². The molecule has 0 saturated carbocycles. The van der Waals surface area contributed by atoms with Crippen molar-refractivity contribution in [3.8, 4) is 0 Å². The molecule has 1 aromatic heterocycles. The number of aromatic amines is 1.